The van der Waals surface area contributed by atoms with E-state index < -0.39 is 0 Å². The number of hydrogen-bond acceptors (Lipinski definition) is 6. The highest BCUT2D eigenvalue weighted by molar-refractivity contribution is 8.00. The molecule has 8 nitrogen and oxygen atoms in total. The van der Waals surface area contributed by atoms with E-state index in [-0.39, 0.29) is 11.2 Å². The number of nitrogens with zero attached hydrogens (tertiary/aromatic N) is 6. The molecule has 136 valence electrons. The first-order valence-electron chi connectivity index (χ1n) is 8.20. The Hall–Kier alpha value is -2.68. The second-order valence-corrected chi connectivity index (χ2v) is 7.44. The second-order valence-electron chi connectivity index (χ2n) is 6.13. The molecule has 2 aromatic heterocycles. The third-order valence-electron chi connectivity index (χ3n) is 4.13. The summed E-state index contributed by atoms with van der Waals surface area (Å²) in [7, 11) is 1.85. The summed E-state index contributed by atoms with van der Waals surface area (Å²) in [5.74, 6) is -0.118. The molecule has 3 aromatic rings. The van der Waals surface area contributed by atoms with Crippen LogP contribution < -0.4 is 5.32 Å². The van der Waals surface area contributed by atoms with Crippen LogP contribution in [0.25, 0.3) is 5.69 Å². The Balaban J connectivity index is 1.74. The number of aryl methyl sites for hydroxylation is 3. The molecule has 1 amide bonds. The Bertz CT molecular complexity index is 929. The lowest BCUT2D eigenvalue weighted by molar-refractivity contribution is -0.115. The van der Waals surface area contributed by atoms with Crippen LogP contribution in [0.2, 0.25) is 0 Å². The lowest BCUT2D eigenvalue weighted by Gasteiger charge is -2.12. The highest BCUT2D eigenvalue weighted by Gasteiger charge is 2.21. The van der Waals surface area contributed by atoms with Crippen LogP contribution >= 0.6 is 11.8 Å². The molecular weight excluding hydrogens is 350 g/mol. The first-order chi connectivity index (χ1) is 12.4. The maximum Gasteiger partial charge on any atom is 0.237 e. The van der Waals surface area contributed by atoms with Crippen molar-refractivity contribution in [3.05, 3.63) is 41.2 Å². The topological polar surface area (TPSA) is 90.5 Å². The molecule has 0 saturated carbocycles. The summed E-state index contributed by atoms with van der Waals surface area (Å²) in [6, 6.07) is 7.89. The van der Waals surface area contributed by atoms with Crippen molar-refractivity contribution >= 4 is 23.4 Å². The molecule has 9 heteroatoms. The highest BCUT2D eigenvalue weighted by Crippen LogP contribution is 2.25. The van der Waals surface area contributed by atoms with Gasteiger partial charge < -0.3 is 5.32 Å². The van der Waals surface area contributed by atoms with Crippen LogP contribution in [-0.4, -0.2) is 41.1 Å². The summed E-state index contributed by atoms with van der Waals surface area (Å²) in [6.07, 6.45) is 0. The lowest BCUT2D eigenvalue weighted by Crippen LogP contribution is -2.23. The minimum absolute atomic E-state index is 0.118. The van der Waals surface area contributed by atoms with Gasteiger partial charge in [0.15, 0.2) is 0 Å². The van der Waals surface area contributed by atoms with E-state index in [9.17, 15) is 4.79 Å². The third kappa shape index (κ3) is 3.62. The molecule has 1 aromatic carbocycles. The van der Waals surface area contributed by atoms with Crippen molar-refractivity contribution in [2.45, 2.75) is 38.1 Å². The first-order valence-corrected chi connectivity index (χ1v) is 9.08. The number of carbonyl (C=O) groups is 1. The summed E-state index contributed by atoms with van der Waals surface area (Å²) in [5, 5.41) is 19.3. The molecule has 0 saturated heterocycles. The standard InChI is InChI=1S/C17H21N7OS/c1-10-6-8-14(9-7-10)24-17(19-21-22-24)26-13(4)16(25)18-15-11(2)20-23(5)12(15)3/h6-9,13H,1-5H3,(H,18,25). The average molecular weight is 371 g/mol. The van der Waals surface area contributed by atoms with Gasteiger partial charge in [-0.25, -0.2) is 0 Å². The fourth-order valence-corrected chi connectivity index (χ4v) is 3.30. The molecule has 0 spiro atoms. The summed E-state index contributed by atoms with van der Waals surface area (Å²) >= 11 is 1.31. The Morgan fingerprint density at radius 2 is 1.88 bits per heavy atom. The zero-order valence-electron chi connectivity index (χ0n) is 15.4. The smallest absolute Gasteiger partial charge is 0.237 e. The number of carbonyl (C=O) groups excluding carboxylic acids is 1. The van der Waals surface area contributed by atoms with Gasteiger partial charge in [-0.2, -0.15) is 9.78 Å². The van der Waals surface area contributed by atoms with Crippen LogP contribution in [0.4, 0.5) is 5.69 Å². The van der Waals surface area contributed by atoms with Gasteiger partial charge >= 0.3 is 0 Å². The Labute approximate surface area is 156 Å². The molecule has 1 N–H and O–H groups in total. The third-order valence-corrected chi connectivity index (χ3v) is 5.16. The number of aromatic nitrogens is 6. The van der Waals surface area contributed by atoms with Crippen LogP contribution in [0.15, 0.2) is 29.4 Å². The van der Waals surface area contributed by atoms with Gasteiger partial charge in [0.2, 0.25) is 11.1 Å². The number of amides is 1. The highest BCUT2D eigenvalue weighted by atomic mass is 32.2. The van der Waals surface area contributed by atoms with Gasteiger partial charge in [0, 0.05) is 7.05 Å². The Morgan fingerprint density at radius 1 is 1.19 bits per heavy atom. The molecule has 3 rings (SSSR count). The number of benzene rings is 1. The van der Waals surface area contributed by atoms with Gasteiger partial charge in [-0.05, 0) is 50.3 Å². The Kier molecular flexibility index (Phi) is 5.08. The zero-order valence-corrected chi connectivity index (χ0v) is 16.2. The molecule has 0 aliphatic carbocycles. The SMILES string of the molecule is Cc1ccc(-n2nnnc2SC(C)C(=O)Nc2c(C)nn(C)c2C)cc1. The average Bonchev–Trinajstić information content (AvgIpc) is 3.15. The number of rotatable bonds is 5. The monoisotopic (exact) mass is 371 g/mol. The fourth-order valence-electron chi connectivity index (χ4n) is 2.49. The summed E-state index contributed by atoms with van der Waals surface area (Å²) < 4.78 is 3.38. The van der Waals surface area contributed by atoms with Crippen LogP contribution in [0.5, 0.6) is 0 Å². The van der Waals surface area contributed by atoms with E-state index in [0.29, 0.717) is 5.16 Å². The molecule has 26 heavy (non-hydrogen) atoms. The van der Waals surface area contributed by atoms with Crippen LogP contribution in [0.1, 0.15) is 23.9 Å². The molecule has 2 heterocycles. The largest absolute Gasteiger partial charge is 0.322 e. The fraction of sp³-hybridized carbons (Fsp3) is 0.353. The summed E-state index contributed by atoms with van der Waals surface area (Å²) in [5.41, 5.74) is 4.47. The van der Waals surface area contributed by atoms with Gasteiger partial charge in [-0.15, -0.1) is 5.10 Å². The minimum Gasteiger partial charge on any atom is -0.322 e. The number of tetrazole rings is 1. The van der Waals surface area contributed by atoms with Gasteiger partial charge in [0.25, 0.3) is 0 Å². The molecule has 0 fully saturated rings. The van der Waals surface area contributed by atoms with Crippen molar-refractivity contribution in [3.63, 3.8) is 0 Å². The van der Waals surface area contributed by atoms with E-state index in [4.69, 9.17) is 0 Å². The number of anilines is 1. The van der Waals surface area contributed by atoms with Gasteiger partial charge in [0.1, 0.15) is 0 Å². The van der Waals surface area contributed by atoms with Crippen molar-refractivity contribution in [1.29, 1.82) is 0 Å². The maximum absolute atomic E-state index is 12.6. The molecule has 1 atom stereocenters. The van der Waals surface area contributed by atoms with Crippen molar-refractivity contribution in [2.24, 2.45) is 7.05 Å². The van der Waals surface area contributed by atoms with Gasteiger partial charge in [-0.1, -0.05) is 29.5 Å². The van der Waals surface area contributed by atoms with E-state index >= 15 is 0 Å². The maximum atomic E-state index is 12.6. The number of nitrogens with one attached hydrogen (secondary N) is 1. The molecular formula is C17H21N7OS. The van der Waals surface area contributed by atoms with Crippen molar-refractivity contribution in [2.75, 3.05) is 5.32 Å². The van der Waals surface area contributed by atoms with Crippen LogP contribution in [0, 0.1) is 20.8 Å². The van der Waals surface area contributed by atoms with Gasteiger partial charge in [0.05, 0.1) is 28.0 Å². The predicted octanol–water partition coefficient (Wildman–Crippen LogP) is 2.44. The Morgan fingerprint density at radius 3 is 2.50 bits per heavy atom. The molecule has 0 aliphatic heterocycles. The molecule has 0 radical (unpaired) electrons. The van der Waals surface area contributed by atoms with E-state index in [2.05, 4.69) is 25.9 Å². The summed E-state index contributed by atoms with van der Waals surface area (Å²) in [6.45, 7) is 7.65. The zero-order chi connectivity index (χ0) is 18.8. The summed E-state index contributed by atoms with van der Waals surface area (Å²) in [4.78, 5) is 12.6. The van der Waals surface area contributed by atoms with Gasteiger partial charge in [-0.3, -0.25) is 9.48 Å². The van der Waals surface area contributed by atoms with Crippen molar-refractivity contribution < 1.29 is 4.79 Å². The van der Waals surface area contributed by atoms with E-state index in [0.717, 1.165) is 28.3 Å². The van der Waals surface area contributed by atoms with E-state index in [1.54, 1.807) is 9.36 Å². The van der Waals surface area contributed by atoms with E-state index in [1.165, 1.54) is 11.8 Å². The quantitative estimate of drug-likeness (QED) is 0.693. The van der Waals surface area contributed by atoms with Crippen LogP contribution in [0.3, 0.4) is 0 Å². The van der Waals surface area contributed by atoms with Crippen molar-refractivity contribution in [3.8, 4) is 5.69 Å². The molecule has 0 bridgehead atoms. The normalized spacial score (nSPS) is 12.2. The van der Waals surface area contributed by atoms with Crippen LogP contribution in [-0.2, 0) is 11.8 Å². The number of hydrogen-bond donors (Lipinski definition) is 1. The first kappa shape index (κ1) is 18.1. The minimum atomic E-state index is -0.371. The molecule has 0 aliphatic rings. The second kappa shape index (κ2) is 7.28. The van der Waals surface area contributed by atoms with Crippen molar-refractivity contribution in [1.82, 2.24) is 30.0 Å². The molecule has 1 unspecified atom stereocenters. The lowest BCUT2D eigenvalue weighted by atomic mass is 10.2. The number of thioether (sulfide) groups is 1. The predicted molar refractivity (Wildman–Crippen MR) is 101 cm³/mol. The van der Waals surface area contributed by atoms with E-state index in [1.807, 2.05) is 59.0 Å².